The monoisotopic (exact) mass is 528 g/mol. The molecule has 13 heteroatoms. The zero-order valence-electron chi connectivity index (χ0n) is 20.8. The average molecular weight is 528 g/mol. The van der Waals surface area contributed by atoms with Gasteiger partial charge in [-0.1, -0.05) is 12.1 Å². The number of carbonyl (C=O) groups is 1. The van der Waals surface area contributed by atoms with Crippen LogP contribution < -0.4 is 20.9 Å². The Balaban J connectivity index is 1.77. The van der Waals surface area contributed by atoms with Crippen molar-refractivity contribution in [2.75, 3.05) is 17.7 Å². The largest absolute Gasteiger partial charge is 0.443 e. The smallest absolute Gasteiger partial charge is 0.416 e. The van der Waals surface area contributed by atoms with E-state index in [-0.39, 0.29) is 39.9 Å². The molecule has 0 unspecified atom stereocenters. The van der Waals surface area contributed by atoms with E-state index in [2.05, 4.69) is 19.9 Å². The number of nitrogens with two attached hydrogens (primary N) is 1. The Morgan fingerprint density at radius 1 is 1.08 bits per heavy atom. The predicted molar refractivity (Wildman–Crippen MR) is 134 cm³/mol. The molecular formula is C25H23F3N6O4. The van der Waals surface area contributed by atoms with Crippen molar-refractivity contribution in [3.8, 4) is 22.9 Å². The number of rotatable bonds is 4. The Morgan fingerprint density at radius 2 is 1.82 bits per heavy atom. The second-order valence-electron chi connectivity index (χ2n) is 9.22. The number of hydrogen-bond donors (Lipinski definition) is 2. The third kappa shape index (κ3) is 5.66. The molecule has 0 atom stereocenters. The minimum absolute atomic E-state index is 0.0276. The van der Waals surface area contributed by atoms with Crippen molar-refractivity contribution in [1.29, 1.82) is 0 Å². The molecule has 38 heavy (non-hydrogen) atoms. The van der Waals surface area contributed by atoms with Gasteiger partial charge in [0.25, 0.3) is 5.56 Å². The highest BCUT2D eigenvalue weighted by molar-refractivity contribution is 5.93. The number of benzene rings is 2. The van der Waals surface area contributed by atoms with Crippen LogP contribution in [0.2, 0.25) is 0 Å². The molecular weight excluding hydrogens is 505 g/mol. The SMILES string of the molecule is CN(C(=O)OC(C)(C)C)c1cc(C(F)(F)F)ccc1-c1cc(Oc2cccc3[nH]c(=O)c(N)nc23)ncn1. The first-order chi connectivity index (χ1) is 17.7. The van der Waals surface area contributed by atoms with Gasteiger partial charge in [-0.15, -0.1) is 0 Å². The zero-order chi connectivity index (χ0) is 27.8. The summed E-state index contributed by atoms with van der Waals surface area (Å²) in [6, 6.07) is 9.14. The number of nitrogens with zero attached hydrogens (tertiary/aromatic N) is 4. The van der Waals surface area contributed by atoms with Crippen LogP contribution in [0.25, 0.3) is 22.3 Å². The van der Waals surface area contributed by atoms with Crippen LogP contribution in [0, 0.1) is 0 Å². The quantitative estimate of drug-likeness (QED) is 0.371. The van der Waals surface area contributed by atoms with Crippen LogP contribution in [0.5, 0.6) is 11.6 Å². The van der Waals surface area contributed by atoms with Crippen LogP contribution in [0.15, 0.2) is 53.6 Å². The molecule has 2 aromatic heterocycles. The number of nitrogen functional groups attached to an aromatic ring is 1. The van der Waals surface area contributed by atoms with Crippen LogP contribution in [0.4, 0.5) is 29.5 Å². The van der Waals surface area contributed by atoms with E-state index in [1.54, 1.807) is 39.0 Å². The van der Waals surface area contributed by atoms with E-state index in [0.717, 1.165) is 23.4 Å². The van der Waals surface area contributed by atoms with E-state index in [0.29, 0.717) is 5.52 Å². The lowest BCUT2D eigenvalue weighted by molar-refractivity contribution is -0.137. The molecule has 4 rings (SSSR count). The number of anilines is 2. The van der Waals surface area contributed by atoms with Crippen LogP contribution in [0.1, 0.15) is 26.3 Å². The lowest BCUT2D eigenvalue weighted by Crippen LogP contribution is -2.34. The van der Waals surface area contributed by atoms with Gasteiger partial charge < -0.3 is 20.2 Å². The summed E-state index contributed by atoms with van der Waals surface area (Å²) >= 11 is 0. The van der Waals surface area contributed by atoms with Crippen molar-refractivity contribution in [1.82, 2.24) is 19.9 Å². The van der Waals surface area contributed by atoms with Gasteiger partial charge >= 0.3 is 12.3 Å². The molecule has 0 fully saturated rings. The summed E-state index contributed by atoms with van der Waals surface area (Å²) in [6.45, 7) is 4.93. The Labute approximate surface area is 214 Å². The maximum atomic E-state index is 13.5. The normalized spacial score (nSPS) is 11.9. The van der Waals surface area contributed by atoms with Crippen LogP contribution in [-0.2, 0) is 10.9 Å². The van der Waals surface area contributed by atoms with Gasteiger partial charge in [0, 0.05) is 18.7 Å². The Kier molecular flexibility index (Phi) is 6.70. The molecule has 3 N–H and O–H groups in total. The van der Waals surface area contributed by atoms with Crippen molar-refractivity contribution in [2.24, 2.45) is 0 Å². The zero-order valence-corrected chi connectivity index (χ0v) is 20.8. The summed E-state index contributed by atoms with van der Waals surface area (Å²) in [5.41, 5.74) is 4.19. The summed E-state index contributed by atoms with van der Waals surface area (Å²) in [4.78, 5) is 40.4. The first kappa shape index (κ1) is 26.4. The number of halogens is 3. The Hall–Kier alpha value is -4.68. The molecule has 0 aliphatic heterocycles. The lowest BCUT2D eigenvalue weighted by atomic mass is 10.0. The topological polar surface area (TPSA) is 136 Å². The molecule has 0 radical (unpaired) electrons. The number of aromatic nitrogens is 4. The number of alkyl halides is 3. The molecule has 0 saturated carbocycles. The van der Waals surface area contributed by atoms with Crippen molar-refractivity contribution < 1.29 is 27.4 Å². The van der Waals surface area contributed by atoms with Crippen molar-refractivity contribution in [3.63, 3.8) is 0 Å². The number of H-pyrrole nitrogens is 1. The molecule has 2 aromatic carbocycles. The van der Waals surface area contributed by atoms with E-state index in [1.807, 2.05) is 0 Å². The van der Waals surface area contributed by atoms with Gasteiger partial charge in [0.2, 0.25) is 5.88 Å². The summed E-state index contributed by atoms with van der Waals surface area (Å²) in [7, 11) is 1.30. The van der Waals surface area contributed by atoms with Crippen LogP contribution in [0.3, 0.4) is 0 Å². The predicted octanol–water partition coefficient (Wildman–Crippen LogP) is 5.14. The first-order valence-corrected chi connectivity index (χ1v) is 11.2. The number of hydrogen-bond acceptors (Lipinski definition) is 8. The Bertz CT molecular complexity index is 1580. The molecule has 0 aliphatic rings. The Morgan fingerprint density at radius 3 is 2.50 bits per heavy atom. The standard InChI is InChI=1S/C25H23F3N6O4/c1-24(2,3)38-23(36)34(4)17-10-13(25(26,27)28)8-9-14(17)16-11-19(31-12-30-16)37-18-7-5-6-15-20(18)33-21(29)22(35)32-15/h5-12H,1-4H3,(H2,29,33)(H,32,35). The van der Waals surface area contributed by atoms with Gasteiger partial charge in [0.05, 0.1) is 22.5 Å². The number of fused-ring (bicyclic) bond motifs is 1. The fraction of sp³-hybridized carbons (Fsp3) is 0.240. The van der Waals surface area contributed by atoms with Gasteiger partial charge in [-0.3, -0.25) is 9.69 Å². The highest BCUT2D eigenvalue weighted by atomic mass is 19.4. The molecule has 198 valence electrons. The number of ether oxygens (including phenoxy) is 2. The van der Waals surface area contributed by atoms with E-state index in [1.165, 1.54) is 19.2 Å². The van der Waals surface area contributed by atoms with E-state index >= 15 is 0 Å². The van der Waals surface area contributed by atoms with E-state index in [9.17, 15) is 22.8 Å². The van der Waals surface area contributed by atoms with Crippen LogP contribution in [-0.4, -0.2) is 38.7 Å². The van der Waals surface area contributed by atoms with Gasteiger partial charge in [0.1, 0.15) is 17.4 Å². The molecule has 0 saturated heterocycles. The molecule has 0 aliphatic carbocycles. The minimum Gasteiger partial charge on any atom is -0.443 e. The molecule has 1 amide bonds. The fourth-order valence-electron chi connectivity index (χ4n) is 3.46. The maximum absolute atomic E-state index is 13.5. The van der Waals surface area contributed by atoms with E-state index < -0.39 is 29.0 Å². The van der Waals surface area contributed by atoms with Gasteiger partial charge in [-0.25, -0.2) is 19.7 Å². The lowest BCUT2D eigenvalue weighted by Gasteiger charge is -2.26. The first-order valence-electron chi connectivity index (χ1n) is 11.2. The van der Waals surface area contributed by atoms with Crippen molar-refractivity contribution >= 4 is 28.6 Å². The summed E-state index contributed by atoms with van der Waals surface area (Å²) in [5.74, 6) is -0.00930. The number of para-hydroxylation sites is 1. The number of amides is 1. The third-order valence-electron chi connectivity index (χ3n) is 5.20. The second kappa shape index (κ2) is 9.65. The molecule has 0 spiro atoms. The van der Waals surface area contributed by atoms with Crippen molar-refractivity contribution in [3.05, 3.63) is 64.7 Å². The second-order valence-corrected chi connectivity index (χ2v) is 9.22. The molecule has 4 aromatic rings. The maximum Gasteiger partial charge on any atom is 0.416 e. The summed E-state index contributed by atoms with van der Waals surface area (Å²) in [5, 5.41) is 0. The van der Waals surface area contributed by atoms with Gasteiger partial charge in [-0.2, -0.15) is 13.2 Å². The molecule has 10 nitrogen and oxygen atoms in total. The van der Waals surface area contributed by atoms with Crippen molar-refractivity contribution in [2.45, 2.75) is 32.5 Å². The van der Waals surface area contributed by atoms with Gasteiger partial charge in [0.15, 0.2) is 11.6 Å². The molecule has 0 bridgehead atoms. The van der Waals surface area contributed by atoms with Gasteiger partial charge in [-0.05, 0) is 45.0 Å². The summed E-state index contributed by atoms with van der Waals surface area (Å²) < 4.78 is 51.7. The highest BCUT2D eigenvalue weighted by Crippen LogP contribution is 2.38. The number of aromatic amines is 1. The number of carbonyl (C=O) groups excluding carboxylic acids is 1. The highest BCUT2D eigenvalue weighted by Gasteiger charge is 2.33. The fourth-order valence-corrected chi connectivity index (χ4v) is 3.46. The molecule has 2 heterocycles. The van der Waals surface area contributed by atoms with E-state index in [4.69, 9.17) is 15.2 Å². The average Bonchev–Trinajstić information content (AvgIpc) is 2.83. The van der Waals surface area contributed by atoms with Crippen LogP contribution >= 0.6 is 0 Å². The number of nitrogens with one attached hydrogen (secondary N) is 1. The summed E-state index contributed by atoms with van der Waals surface area (Å²) in [6.07, 6.45) is -4.34. The minimum atomic E-state index is -4.65. The third-order valence-corrected chi connectivity index (χ3v) is 5.20.